The Morgan fingerprint density at radius 3 is 2.20 bits per heavy atom. The van der Waals surface area contributed by atoms with Gasteiger partial charge in [-0.1, -0.05) is 0 Å². The largest absolute Gasteiger partial charge is 0.394 e. The molecule has 1 rings (SSSR count). The van der Waals surface area contributed by atoms with Crippen molar-refractivity contribution in [3.63, 3.8) is 0 Å². The number of hydrogen-bond acceptors (Lipinski definition) is 7. The molecule has 0 aliphatic carbocycles. The van der Waals surface area contributed by atoms with Gasteiger partial charge >= 0.3 is 0 Å². The number of hydrogen-bond donors (Lipinski definition) is 5. The van der Waals surface area contributed by atoms with Crippen LogP contribution in [-0.2, 0) is 9.47 Å². The minimum absolute atomic E-state index is 0.0668. The van der Waals surface area contributed by atoms with E-state index in [2.05, 4.69) is 0 Å². The summed E-state index contributed by atoms with van der Waals surface area (Å²) >= 11 is 0. The van der Waals surface area contributed by atoms with Crippen molar-refractivity contribution < 1.29 is 35.0 Å². The Balaban J connectivity index is 2.57. The molecule has 0 bridgehead atoms. The van der Waals surface area contributed by atoms with Gasteiger partial charge in [0.05, 0.1) is 19.8 Å². The second-order valence-electron chi connectivity index (χ2n) is 3.29. The van der Waals surface area contributed by atoms with E-state index in [9.17, 15) is 15.3 Å². The van der Waals surface area contributed by atoms with Gasteiger partial charge in [-0.3, -0.25) is 0 Å². The molecular weight excluding hydrogens is 208 g/mol. The molecule has 1 fully saturated rings. The molecule has 0 aromatic carbocycles. The molecule has 5 atom stereocenters. The zero-order valence-electron chi connectivity index (χ0n) is 8.06. The average molecular weight is 224 g/mol. The standard InChI is InChI=1S/C8H16O7/c9-1-2-14-8-7(13)6(12)5(11)4(3-10)15-8/h4-13H,1-3H2/t4-,5+,6+,7-,8?/m1/s1. The van der Waals surface area contributed by atoms with Crippen LogP contribution in [0.25, 0.3) is 0 Å². The van der Waals surface area contributed by atoms with Gasteiger partial charge in [-0.15, -0.1) is 0 Å². The summed E-state index contributed by atoms with van der Waals surface area (Å²) in [5, 5.41) is 45.5. The summed E-state index contributed by atoms with van der Waals surface area (Å²) in [5.74, 6) is 0. The van der Waals surface area contributed by atoms with E-state index in [4.69, 9.17) is 19.7 Å². The smallest absolute Gasteiger partial charge is 0.186 e. The third kappa shape index (κ3) is 2.85. The SMILES string of the molecule is OCCOC1O[C@H](CO)[C@H](O)[C@H](O)[C@H]1O. The first kappa shape index (κ1) is 12.8. The lowest BCUT2D eigenvalue weighted by molar-refractivity contribution is -0.302. The van der Waals surface area contributed by atoms with Crippen molar-refractivity contribution in [1.82, 2.24) is 0 Å². The van der Waals surface area contributed by atoms with E-state index in [0.717, 1.165) is 0 Å². The number of aliphatic hydroxyl groups excluding tert-OH is 5. The first-order valence-electron chi connectivity index (χ1n) is 4.64. The predicted octanol–water partition coefficient (Wildman–Crippen LogP) is -3.20. The van der Waals surface area contributed by atoms with Crippen LogP contribution >= 0.6 is 0 Å². The van der Waals surface area contributed by atoms with Crippen molar-refractivity contribution in [2.75, 3.05) is 19.8 Å². The Morgan fingerprint density at radius 1 is 1.00 bits per heavy atom. The molecule has 15 heavy (non-hydrogen) atoms. The van der Waals surface area contributed by atoms with Crippen LogP contribution < -0.4 is 0 Å². The molecule has 1 aliphatic rings. The summed E-state index contributed by atoms with van der Waals surface area (Å²) in [6, 6.07) is 0. The highest BCUT2D eigenvalue weighted by Gasteiger charge is 2.43. The minimum atomic E-state index is -1.44. The third-order valence-electron chi connectivity index (χ3n) is 2.22. The van der Waals surface area contributed by atoms with Gasteiger partial charge in [0.25, 0.3) is 0 Å². The van der Waals surface area contributed by atoms with Crippen LogP contribution in [0.15, 0.2) is 0 Å². The van der Waals surface area contributed by atoms with Gasteiger partial charge in [-0.25, -0.2) is 0 Å². The molecule has 7 heteroatoms. The lowest BCUT2D eigenvalue weighted by Gasteiger charge is -2.39. The van der Waals surface area contributed by atoms with E-state index in [0.29, 0.717) is 0 Å². The number of aliphatic hydroxyl groups is 5. The van der Waals surface area contributed by atoms with Crippen LogP contribution in [0.5, 0.6) is 0 Å². The predicted molar refractivity (Wildman–Crippen MR) is 46.8 cm³/mol. The summed E-state index contributed by atoms with van der Waals surface area (Å²) in [6.45, 7) is -0.818. The van der Waals surface area contributed by atoms with Gasteiger partial charge in [0.15, 0.2) is 6.29 Å². The molecule has 0 aromatic rings. The minimum Gasteiger partial charge on any atom is -0.394 e. The molecular formula is C8H16O7. The number of rotatable bonds is 4. The molecule has 1 heterocycles. The summed E-state index contributed by atoms with van der Waals surface area (Å²) < 4.78 is 9.88. The van der Waals surface area contributed by atoms with Gasteiger partial charge < -0.3 is 35.0 Å². The molecule has 0 saturated carbocycles. The normalized spacial score (nSPS) is 41.8. The van der Waals surface area contributed by atoms with Crippen molar-refractivity contribution in [3.05, 3.63) is 0 Å². The second-order valence-corrected chi connectivity index (χ2v) is 3.29. The molecule has 0 amide bonds. The maximum atomic E-state index is 9.42. The van der Waals surface area contributed by atoms with Crippen molar-refractivity contribution in [1.29, 1.82) is 0 Å². The Kier molecular flexibility index (Phi) is 4.87. The fourth-order valence-electron chi connectivity index (χ4n) is 1.37. The maximum absolute atomic E-state index is 9.42. The summed E-state index contributed by atoms with van der Waals surface area (Å²) in [5.41, 5.74) is 0. The maximum Gasteiger partial charge on any atom is 0.186 e. The first-order chi connectivity index (χ1) is 7.11. The van der Waals surface area contributed by atoms with Crippen LogP contribution in [0.3, 0.4) is 0 Å². The molecule has 1 aliphatic heterocycles. The molecule has 0 radical (unpaired) electrons. The van der Waals surface area contributed by atoms with Crippen molar-refractivity contribution in [2.24, 2.45) is 0 Å². The first-order valence-corrected chi connectivity index (χ1v) is 4.64. The molecule has 0 aromatic heterocycles. The van der Waals surface area contributed by atoms with Crippen LogP contribution in [0.4, 0.5) is 0 Å². The fourth-order valence-corrected chi connectivity index (χ4v) is 1.37. The van der Waals surface area contributed by atoms with Gasteiger partial charge in [-0.05, 0) is 0 Å². The molecule has 5 N–H and O–H groups in total. The summed E-state index contributed by atoms with van der Waals surface area (Å²) in [7, 11) is 0. The Morgan fingerprint density at radius 2 is 1.67 bits per heavy atom. The lowest BCUT2D eigenvalue weighted by atomic mass is 9.99. The Labute approximate surface area is 86.5 Å². The second kappa shape index (κ2) is 5.71. The highest BCUT2D eigenvalue weighted by Crippen LogP contribution is 2.21. The van der Waals surface area contributed by atoms with Crippen molar-refractivity contribution in [2.45, 2.75) is 30.7 Å². The van der Waals surface area contributed by atoms with Crippen LogP contribution in [0.2, 0.25) is 0 Å². The van der Waals surface area contributed by atoms with Crippen molar-refractivity contribution >= 4 is 0 Å². The third-order valence-corrected chi connectivity index (χ3v) is 2.22. The lowest BCUT2D eigenvalue weighted by Crippen LogP contribution is -2.59. The van der Waals surface area contributed by atoms with E-state index < -0.39 is 37.3 Å². The van der Waals surface area contributed by atoms with Gasteiger partial charge in [0.2, 0.25) is 0 Å². The van der Waals surface area contributed by atoms with Crippen molar-refractivity contribution in [3.8, 4) is 0 Å². The number of ether oxygens (including phenoxy) is 2. The Hall–Kier alpha value is -0.280. The molecule has 7 nitrogen and oxygen atoms in total. The quantitative estimate of drug-likeness (QED) is 0.341. The zero-order valence-corrected chi connectivity index (χ0v) is 8.06. The van der Waals surface area contributed by atoms with Crippen LogP contribution in [0.1, 0.15) is 0 Å². The molecule has 0 spiro atoms. The topological polar surface area (TPSA) is 120 Å². The zero-order chi connectivity index (χ0) is 11.4. The Bertz CT molecular complexity index is 186. The molecule has 1 unspecified atom stereocenters. The highest BCUT2D eigenvalue weighted by atomic mass is 16.7. The van der Waals surface area contributed by atoms with E-state index in [-0.39, 0.29) is 13.2 Å². The summed E-state index contributed by atoms with van der Waals surface area (Å²) in [6.07, 6.45) is -6.38. The van der Waals surface area contributed by atoms with Crippen LogP contribution in [0, 0.1) is 0 Å². The van der Waals surface area contributed by atoms with E-state index in [1.807, 2.05) is 0 Å². The monoisotopic (exact) mass is 224 g/mol. The van der Waals surface area contributed by atoms with Gasteiger partial charge in [-0.2, -0.15) is 0 Å². The highest BCUT2D eigenvalue weighted by molar-refractivity contribution is 4.88. The van der Waals surface area contributed by atoms with E-state index in [1.165, 1.54) is 0 Å². The summed E-state index contributed by atoms with van der Waals surface area (Å²) in [4.78, 5) is 0. The molecule has 1 saturated heterocycles. The molecule has 90 valence electrons. The van der Waals surface area contributed by atoms with E-state index in [1.54, 1.807) is 0 Å². The average Bonchev–Trinajstić information content (AvgIpc) is 2.25. The van der Waals surface area contributed by atoms with Crippen LogP contribution in [-0.4, -0.2) is 76.1 Å². The van der Waals surface area contributed by atoms with Gasteiger partial charge in [0, 0.05) is 0 Å². The van der Waals surface area contributed by atoms with Gasteiger partial charge in [0.1, 0.15) is 24.4 Å². The fraction of sp³-hybridized carbons (Fsp3) is 1.00. The van der Waals surface area contributed by atoms with E-state index >= 15 is 0 Å².